The molecule has 0 amide bonds. The monoisotopic (exact) mass is 249 g/mol. The average molecular weight is 249 g/mol. The van der Waals surface area contributed by atoms with Crippen LogP contribution in [0.5, 0.6) is 0 Å². The van der Waals surface area contributed by atoms with Crippen LogP contribution in [0.15, 0.2) is 12.4 Å². The van der Waals surface area contributed by atoms with Gasteiger partial charge < -0.3 is 5.32 Å². The number of halogens is 3. The van der Waals surface area contributed by atoms with Gasteiger partial charge in [-0.05, 0) is 26.8 Å². The number of nitrogens with one attached hydrogen (secondary N) is 1. The third-order valence-electron chi connectivity index (χ3n) is 2.56. The fourth-order valence-electron chi connectivity index (χ4n) is 1.50. The predicted molar refractivity (Wildman–Crippen MR) is 59.6 cm³/mol. The highest BCUT2D eigenvalue weighted by Gasteiger charge is 2.25. The van der Waals surface area contributed by atoms with Crippen LogP contribution in [0.1, 0.15) is 38.3 Å². The van der Waals surface area contributed by atoms with E-state index in [1.807, 2.05) is 20.0 Å². The van der Waals surface area contributed by atoms with Crippen LogP contribution < -0.4 is 5.32 Å². The largest absolute Gasteiger partial charge is 0.389 e. The minimum Gasteiger partial charge on any atom is -0.310 e. The standard InChI is InChI=1S/C11H18F3N3/c1-3-17-8-10(7-16-17)9(2)15-6-4-5-11(12,13)14/h7-9,15H,3-6H2,1-2H3. The molecule has 0 saturated heterocycles. The Bertz CT molecular complexity index is 333. The second-order valence-electron chi connectivity index (χ2n) is 4.02. The maximum atomic E-state index is 11.9. The van der Waals surface area contributed by atoms with E-state index in [0.717, 1.165) is 12.1 Å². The molecule has 0 aromatic carbocycles. The van der Waals surface area contributed by atoms with Crippen LogP contribution in [-0.2, 0) is 6.54 Å². The lowest BCUT2D eigenvalue weighted by molar-refractivity contribution is -0.135. The summed E-state index contributed by atoms with van der Waals surface area (Å²) in [5.74, 6) is 0. The van der Waals surface area contributed by atoms with Crippen LogP contribution in [-0.4, -0.2) is 22.5 Å². The zero-order valence-electron chi connectivity index (χ0n) is 10.1. The minimum absolute atomic E-state index is 0.0310. The minimum atomic E-state index is -4.06. The van der Waals surface area contributed by atoms with Gasteiger partial charge in [-0.3, -0.25) is 4.68 Å². The van der Waals surface area contributed by atoms with Gasteiger partial charge >= 0.3 is 6.18 Å². The Morgan fingerprint density at radius 2 is 2.18 bits per heavy atom. The molecule has 0 bridgehead atoms. The summed E-state index contributed by atoms with van der Waals surface area (Å²) in [5, 5.41) is 7.18. The third kappa shape index (κ3) is 5.21. The molecule has 6 heteroatoms. The number of rotatable bonds is 6. The van der Waals surface area contributed by atoms with Crippen LogP contribution in [0, 0.1) is 0 Å². The zero-order chi connectivity index (χ0) is 12.9. The normalized spacial score (nSPS) is 13.9. The molecule has 1 rings (SSSR count). The van der Waals surface area contributed by atoms with Gasteiger partial charge in [-0.2, -0.15) is 18.3 Å². The zero-order valence-corrected chi connectivity index (χ0v) is 10.1. The second-order valence-corrected chi connectivity index (χ2v) is 4.02. The Morgan fingerprint density at radius 3 is 2.71 bits per heavy atom. The maximum absolute atomic E-state index is 11.9. The van der Waals surface area contributed by atoms with Crippen molar-refractivity contribution in [3.63, 3.8) is 0 Å². The lowest BCUT2D eigenvalue weighted by atomic mass is 10.2. The van der Waals surface area contributed by atoms with E-state index in [9.17, 15) is 13.2 Å². The highest BCUT2D eigenvalue weighted by atomic mass is 19.4. The molecule has 98 valence electrons. The molecule has 3 nitrogen and oxygen atoms in total. The van der Waals surface area contributed by atoms with E-state index < -0.39 is 12.6 Å². The van der Waals surface area contributed by atoms with Gasteiger partial charge in [-0.25, -0.2) is 0 Å². The van der Waals surface area contributed by atoms with Crippen LogP contribution >= 0.6 is 0 Å². The molecule has 0 aliphatic heterocycles. The van der Waals surface area contributed by atoms with Gasteiger partial charge in [0, 0.05) is 30.8 Å². The highest BCUT2D eigenvalue weighted by Crippen LogP contribution is 2.21. The molecule has 0 aliphatic carbocycles. The molecule has 0 fully saturated rings. The quantitative estimate of drug-likeness (QED) is 0.786. The van der Waals surface area contributed by atoms with Gasteiger partial charge in [0.05, 0.1) is 6.20 Å². The first-order valence-corrected chi connectivity index (χ1v) is 5.75. The van der Waals surface area contributed by atoms with E-state index in [0.29, 0.717) is 6.54 Å². The van der Waals surface area contributed by atoms with Gasteiger partial charge in [-0.15, -0.1) is 0 Å². The number of nitrogens with zero attached hydrogens (tertiary/aromatic N) is 2. The Labute approximate surface area is 99.0 Å². The first-order valence-electron chi connectivity index (χ1n) is 5.75. The Balaban J connectivity index is 2.27. The van der Waals surface area contributed by atoms with Crippen LogP contribution in [0.25, 0.3) is 0 Å². The van der Waals surface area contributed by atoms with Gasteiger partial charge in [0.25, 0.3) is 0 Å². The van der Waals surface area contributed by atoms with Gasteiger partial charge in [0.15, 0.2) is 0 Å². The van der Waals surface area contributed by atoms with E-state index in [-0.39, 0.29) is 12.5 Å². The fraction of sp³-hybridized carbons (Fsp3) is 0.727. The lowest BCUT2D eigenvalue weighted by Crippen LogP contribution is -2.21. The molecule has 1 N–H and O–H groups in total. The van der Waals surface area contributed by atoms with Crippen molar-refractivity contribution in [1.29, 1.82) is 0 Å². The molecule has 1 aromatic rings. The van der Waals surface area contributed by atoms with Crippen molar-refractivity contribution in [2.45, 2.75) is 45.5 Å². The van der Waals surface area contributed by atoms with Crippen LogP contribution in [0.3, 0.4) is 0 Å². The van der Waals surface area contributed by atoms with Crippen molar-refractivity contribution in [1.82, 2.24) is 15.1 Å². The summed E-state index contributed by atoms with van der Waals surface area (Å²) in [5.41, 5.74) is 0.999. The van der Waals surface area contributed by atoms with Crippen LogP contribution in [0.2, 0.25) is 0 Å². The van der Waals surface area contributed by atoms with Crippen molar-refractivity contribution < 1.29 is 13.2 Å². The Morgan fingerprint density at radius 1 is 1.47 bits per heavy atom. The molecule has 1 aromatic heterocycles. The molecule has 1 heterocycles. The SMILES string of the molecule is CCn1cc(C(C)NCCCC(F)(F)F)cn1. The van der Waals surface area contributed by atoms with Crippen molar-refractivity contribution in [3.8, 4) is 0 Å². The molecule has 1 unspecified atom stereocenters. The first-order chi connectivity index (χ1) is 7.92. The molecule has 0 spiro atoms. The predicted octanol–water partition coefficient (Wildman–Crippen LogP) is 2.90. The number of aryl methyl sites for hydroxylation is 1. The fourth-order valence-corrected chi connectivity index (χ4v) is 1.50. The number of alkyl halides is 3. The van der Waals surface area contributed by atoms with E-state index in [4.69, 9.17) is 0 Å². The number of hydrogen-bond donors (Lipinski definition) is 1. The maximum Gasteiger partial charge on any atom is 0.389 e. The molecule has 17 heavy (non-hydrogen) atoms. The topological polar surface area (TPSA) is 29.9 Å². The van der Waals surface area contributed by atoms with Crippen molar-refractivity contribution in [3.05, 3.63) is 18.0 Å². The molecular weight excluding hydrogens is 231 g/mol. The Kier molecular flexibility index (Phi) is 4.99. The number of hydrogen-bond acceptors (Lipinski definition) is 2. The summed E-state index contributed by atoms with van der Waals surface area (Å²) in [6, 6.07) is 0.0310. The summed E-state index contributed by atoms with van der Waals surface area (Å²) < 4.78 is 37.5. The molecule has 0 aliphatic rings. The van der Waals surface area contributed by atoms with Gasteiger partial charge in [0.1, 0.15) is 0 Å². The molecular formula is C11H18F3N3. The summed E-state index contributed by atoms with van der Waals surface area (Å²) in [7, 11) is 0. The van der Waals surface area contributed by atoms with E-state index in [2.05, 4.69) is 10.4 Å². The van der Waals surface area contributed by atoms with Crippen LogP contribution in [0.4, 0.5) is 13.2 Å². The van der Waals surface area contributed by atoms with Crippen molar-refractivity contribution in [2.24, 2.45) is 0 Å². The third-order valence-corrected chi connectivity index (χ3v) is 2.56. The molecule has 0 saturated carbocycles. The van der Waals surface area contributed by atoms with Crippen molar-refractivity contribution >= 4 is 0 Å². The van der Waals surface area contributed by atoms with Crippen molar-refractivity contribution in [2.75, 3.05) is 6.54 Å². The van der Waals surface area contributed by atoms with Gasteiger partial charge in [-0.1, -0.05) is 0 Å². The second kappa shape index (κ2) is 6.05. The van der Waals surface area contributed by atoms with E-state index >= 15 is 0 Å². The number of aromatic nitrogens is 2. The average Bonchev–Trinajstić information content (AvgIpc) is 2.71. The lowest BCUT2D eigenvalue weighted by Gasteiger charge is -2.12. The highest BCUT2D eigenvalue weighted by molar-refractivity contribution is 5.08. The van der Waals surface area contributed by atoms with E-state index in [1.165, 1.54) is 0 Å². The summed E-state index contributed by atoms with van der Waals surface area (Å²) in [6.45, 7) is 5.06. The smallest absolute Gasteiger partial charge is 0.310 e. The Hall–Kier alpha value is -1.04. The first kappa shape index (κ1) is 14.0. The summed E-state index contributed by atoms with van der Waals surface area (Å²) >= 11 is 0. The summed E-state index contributed by atoms with van der Waals surface area (Å²) in [4.78, 5) is 0. The summed E-state index contributed by atoms with van der Waals surface area (Å²) in [6.07, 6.45) is -1.04. The van der Waals surface area contributed by atoms with E-state index in [1.54, 1.807) is 10.9 Å². The van der Waals surface area contributed by atoms with Gasteiger partial charge in [0.2, 0.25) is 0 Å². The molecule has 0 radical (unpaired) electrons. The molecule has 1 atom stereocenters.